The second-order valence-corrected chi connectivity index (χ2v) is 17.6. The average molecular weight is 812 g/mol. The minimum atomic E-state index is -0.451. The van der Waals surface area contributed by atoms with E-state index in [4.69, 9.17) is 0 Å². The van der Waals surface area contributed by atoms with E-state index in [1.165, 1.54) is 110 Å². The van der Waals surface area contributed by atoms with Gasteiger partial charge in [-0.1, -0.05) is 164 Å². The monoisotopic (exact) mass is 811 g/mol. The van der Waals surface area contributed by atoms with Crippen LogP contribution in [0.25, 0.3) is 105 Å². The number of hydrogen-bond acceptors (Lipinski definition) is 0. The lowest BCUT2D eigenvalue weighted by atomic mass is 9.70. The summed E-state index contributed by atoms with van der Waals surface area (Å²) in [5, 5.41) is 7.48. The van der Waals surface area contributed by atoms with Crippen molar-refractivity contribution in [3.8, 4) is 39.3 Å². The highest BCUT2D eigenvalue weighted by molar-refractivity contribution is 6.14. The van der Waals surface area contributed by atoms with Crippen LogP contribution in [-0.4, -0.2) is 13.7 Å². The molecule has 1 spiro atoms. The number of rotatable bonds is 3. The van der Waals surface area contributed by atoms with E-state index in [9.17, 15) is 0 Å². The fourth-order valence-corrected chi connectivity index (χ4v) is 12.2. The Labute approximate surface area is 368 Å². The highest BCUT2D eigenvalue weighted by Gasteiger charge is 2.51. The third-order valence-corrected chi connectivity index (χ3v) is 14.6. The highest BCUT2D eigenvalue weighted by Crippen LogP contribution is 2.63. The van der Waals surface area contributed by atoms with Crippen LogP contribution in [0.1, 0.15) is 22.3 Å². The molecule has 64 heavy (non-hydrogen) atoms. The minimum absolute atomic E-state index is 0.451. The molecule has 0 amide bonds. The molecule has 3 aromatic heterocycles. The van der Waals surface area contributed by atoms with Gasteiger partial charge in [0.2, 0.25) is 0 Å². The van der Waals surface area contributed by atoms with E-state index in [1.807, 2.05) is 0 Å². The molecule has 296 valence electrons. The van der Waals surface area contributed by atoms with E-state index >= 15 is 0 Å². The van der Waals surface area contributed by atoms with E-state index in [0.717, 1.165) is 17.1 Å². The van der Waals surface area contributed by atoms with Gasteiger partial charge in [0.1, 0.15) is 0 Å². The summed E-state index contributed by atoms with van der Waals surface area (Å²) < 4.78 is 7.48. The standard InChI is InChI=1S/C61H37N3/c1-9-25-51-41(17-1)42-18-2-10-26-52(42)61(51)53-27-11-3-19-43(53)49-36-50-48-24-8-16-32-59(48)64(60(50)37-54(49)61)40-34-38(62-55-28-12-4-20-44(55)45-21-5-13-29-56(45)62)33-39(35-40)63-57-30-14-6-22-46(57)47-23-7-15-31-58(47)63/h1-37H. The van der Waals surface area contributed by atoms with Crippen molar-refractivity contribution in [1.29, 1.82) is 0 Å². The molecule has 0 bridgehead atoms. The van der Waals surface area contributed by atoms with Gasteiger partial charge < -0.3 is 13.7 Å². The lowest BCUT2D eigenvalue weighted by Gasteiger charge is -2.30. The van der Waals surface area contributed by atoms with Crippen molar-refractivity contribution in [2.24, 2.45) is 0 Å². The predicted molar refractivity (Wildman–Crippen MR) is 266 cm³/mol. The maximum absolute atomic E-state index is 2.55. The van der Waals surface area contributed by atoms with Crippen LogP contribution in [0.5, 0.6) is 0 Å². The molecule has 0 aliphatic heterocycles. The predicted octanol–water partition coefficient (Wildman–Crippen LogP) is 15.3. The van der Waals surface area contributed by atoms with Gasteiger partial charge >= 0.3 is 0 Å². The second-order valence-electron chi connectivity index (χ2n) is 17.6. The van der Waals surface area contributed by atoms with Gasteiger partial charge in [-0.25, -0.2) is 0 Å². The van der Waals surface area contributed by atoms with E-state index in [2.05, 4.69) is 238 Å². The summed E-state index contributed by atoms with van der Waals surface area (Å²) in [5.74, 6) is 0. The lowest BCUT2D eigenvalue weighted by Crippen LogP contribution is -2.25. The van der Waals surface area contributed by atoms with Crippen molar-refractivity contribution in [2.45, 2.75) is 5.41 Å². The molecule has 0 atom stereocenters. The number of para-hydroxylation sites is 5. The number of hydrogen-bond donors (Lipinski definition) is 0. The largest absolute Gasteiger partial charge is 0.309 e. The molecule has 3 nitrogen and oxygen atoms in total. The Morgan fingerprint density at radius 3 is 0.906 bits per heavy atom. The Balaban J connectivity index is 1.09. The molecular weight excluding hydrogens is 775 g/mol. The highest BCUT2D eigenvalue weighted by atomic mass is 15.0. The molecule has 3 heteroatoms. The van der Waals surface area contributed by atoms with Crippen molar-refractivity contribution in [3.63, 3.8) is 0 Å². The third kappa shape index (κ3) is 4.21. The number of aromatic nitrogens is 3. The van der Waals surface area contributed by atoms with Gasteiger partial charge in [-0.15, -0.1) is 0 Å². The maximum Gasteiger partial charge on any atom is 0.0726 e. The summed E-state index contributed by atoms with van der Waals surface area (Å²) in [6.45, 7) is 0. The Morgan fingerprint density at radius 2 is 0.516 bits per heavy atom. The first kappa shape index (κ1) is 34.2. The van der Waals surface area contributed by atoms with Crippen LogP contribution in [0.2, 0.25) is 0 Å². The molecule has 0 N–H and O–H groups in total. The quantitative estimate of drug-likeness (QED) is 0.169. The van der Waals surface area contributed by atoms with Crippen molar-refractivity contribution in [1.82, 2.24) is 13.7 Å². The van der Waals surface area contributed by atoms with E-state index in [-0.39, 0.29) is 0 Å². The van der Waals surface area contributed by atoms with Crippen molar-refractivity contribution >= 4 is 65.4 Å². The molecule has 0 radical (unpaired) electrons. The van der Waals surface area contributed by atoms with Gasteiger partial charge in [0.05, 0.1) is 55.6 Å². The lowest BCUT2D eigenvalue weighted by molar-refractivity contribution is 0.794. The van der Waals surface area contributed by atoms with Crippen LogP contribution < -0.4 is 0 Å². The zero-order chi connectivity index (χ0) is 41.7. The smallest absolute Gasteiger partial charge is 0.0726 e. The van der Waals surface area contributed by atoms with Crippen LogP contribution in [0.15, 0.2) is 224 Å². The number of nitrogens with zero attached hydrogens (tertiary/aromatic N) is 3. The summed E-state index contributed by atoms with van der Waals surface area (Å²) in [4.78, 5) is 0. The van der Waals surface area contributed by atoms with Crippen LogP contribution in [0.3, 0.4) is 0 Å². The minimum Gasteiger partial charge on any atom is -0.309 e. The molecule has 13 aromatic rings. The fraction of sp³-hybridized carbons (Fsp3) is 0.0164. The van der Waals surface area contributed by atoms with Gasteiger partial charge in [0.15, 0.2) is 0 Å². The SMILES string of the molecule is c1ccc2c(c1)-c1ccccc1C21c2ccccc2-c2cc3c4ccccc4n(-c4cc(-n5c6ccccc6c6ccccc65)cc(-n5c6ccccc6c6ccccc65)c4)c3cc21. The first-order valence-electron chi connectivity index (χ1n) is 22.3. The zero-order valence-electron chi connectivity index (χ0n) is 34.7. The molecule has 2 aliphatic carbocycles. The Kier molecular flexibility index (Phi) is 6.61. The van der Waals surface area contributed by atoms with Gasteiger partial charge in [-0.3, -0.25) is 0 Å². The Hall–Kier alpha value is -8.40. The molecule has 15 rings (SSSR count). The van der Waals surface area contributed by atoms with Crippen molar-refractivity contribution < 1.29 is 0 Å². The normalized spacial score (nSPS) is 13.4. The Morgan fingerprint density at radius 1 is 0.219 bits per heavy atom. The second kappa shape index (κ2) is 12.4. The molecular formula is C61H37N3. The molecule has 0 saturated carbocycles. The van der Waals surface area contributed by atoms with E-state index < -0.39 is 5.41 Å². The molecule has 0 saturated heterocycles. The summed E-state index contributed by atoms with van der Waals surface area (Å²) in [6.07, 6.45) is 0. The van der Waals surface area contributed by atoms with Crippen molar-refractivity contribution in [2.75, 3.05) is 0 Å². The summed E-state index contributed by atoms with van der Waals surface area (Å²) in [7, 11) is 0. The summed E-state index contributed by atoms with van der Waals surface area (Å²) >= 11 is 0. The first-order chi connectivity index (χ1) is 31.8. The van der Waals surface area contributed by atoms with Crippen molar-refractivity contribution in [3.05, 3.63) is 247 Å². The Bertz CT molecular complexity index is 3870. The molecule has 3 heterocycles. The van der Waals surface area contributed by atoms with E-state index in [1.54, 1.807) is 0 Å². The summed E-state index contributed by atoms with van der Waals surface area (Å²) in [5.41, 5.74) is 20.7. The number of fused-ring (bicyclic) bond motifs is 19. The maximum atomic E-state index is 2.55. The topological polar surface area (TPSA) is 14.8 Å². The molecule has 0 unspecified atom stereocenters. The summed E-state index contributed by atoms with van der Waals surface area (Å²) in [6, 6.07) is 84.0. The van der Waals surface area contributed by atoms with Crippen LogP contribution in [-0.2, 0) is 5.41 Å². The van der Waals surface area contributed by atoms with Gasteiger partial charge in [0, 0.05) is 32.3 Å². The van der Waals surface area contributed by atoms with Crippen LogP contribution >= 0.6 is 0 Å². The molecule has 0 fully saturated rings. The average Bonchev–Trinajstić information content (AvgIpc) is 4.13. The first-order valence-corrected chi connectivity index (χ1v) is 22.3. The van der Waals surface area contributed by atoms with Crippen LogP contribution in [0.4, 0.5) is 0 Å². The van der Waals surface area contributed by atoms with Gasteiger partial charge in [-0.2, -0.15) is 0 Å². The van der Waals surface area contributed by atoms with Gasteiger partial charge in [0.25, 0.3) is 0 Å². The fourth-order valence-electron chi connectivity index (χ4n) is 12.2. The molecule has 2 aliphatic rings. The number of benzene rings is 10. The zero-order valence-corrected chi connectivity index (χ0v) is 34.7. The third-order valence-electron chi connectivity index (χ3n) is 14.6. The molecule has 10 aromatic carbocycles. The van der Waals surface area contributed by atoms with E-state index in [0.29, 0.717) is 0 Å². The van der Waals surface area contributed by atoms with Gasteiger partial charge in [-0.05, 0) is 105 Å². The van der Waals surface area contributed by atoms with Crippen LogP contribution in [0, 0.1) is 0 Å².